The average molecular weight is 397 g/mol. The van der Waals surface area contributed by atoms with Gasteiger partial charge in [0.15, 0.2) is 5.11 Å². The van der Waals surface area contributed by atoms with Crippen molar-refractivity contribution in [3.63, 3.8) is 0 Å². The van der Waals surface area contributed by atoms with E-state index in [0.717, 1.165) is 32.5 Å². The Hall–Kier alpha value is -1.55. The first-order valence-corrected chi connectivity index (χ1v) is 8.52. The molecule has 0 aliphatic carbocycles. The highest BCUT2D eigenvalue weighted by atomic mass is 32.1. The second kappa shape index (κ2) is 6.88. The molecule has 144 valence electrons. The van der Waals surface area contributed by atoms with Gasteiger partial charge in [-0.2, -0.15) is 26.3 Å². The molecule has 3 saturated heterocycles. The lowest BCUT2D eigenvalue weighted by molar-refractivity contribution is -0.143. The molecule has 2 bridgehead atoms. The molecule has 0 radical (unpaired) electrons. The van der Waals surface area contributed by atoms with Gasteiger partial charge >= 0.3 is 12.4 Å². The third-order valence-electron chi connectivity index (χ3n) is 4.82. The Balaban J connectivity index is 1.75. The van der Waals surface area contributed by atoms with Crippen molar-refractivity contribution in [2.75, 3.05) is 25.0 Å². The maximum Gasteiger partial charge on any atom is 0.416 e. The zero-order chi connectivity index (χ0) is 19.1. The first-order chi connectivity index (χ1) is 12.0. The van der Waals surface area contributed by atoms with Gasteiger partial charge in [-0.15, -0.1) is 0 Å². The van der Waals surface area contributed by atoms with Gasteiger partial charge in [0.25, 0.3) is 0 Å². The maximum absolute atomic E-state index is 12.9. The van der Waals surface area contributed by atoms with Crippen LogP contribution in [0.3, 0.4) is 0 Å². The topological polar surface area (TPSA) is 27.3 Å². The fourth-order valence-electron chi connectivity index (χ4n) is 3.49. The first kappa shape index (κ1) is 19.2. The van der Waals surface area contributed by atoms with Gasteiger partial charge in [-0.05, 0) is 62.3 Å². The average Bonchev–Trinajstić information content (AvgIpc) is 2.54. The van der Waals surface area contributed by atoms with Crippen molar-refractivity contribution >= 4 is 23.0 Å². The molecular formula is C16H17F6N3S. The van der Waals surface area contributed by atoms with E-state index in [9.17, 15) is 26.3 Å². The molecule has 2 N–H and O–H groups in total. The standard InChI is InChI=1S/C16H17F6N3S/c17-15(18,19)10-5-11(16(20,21)22)7-12(6-10)23-14(26)24-13-8-25-3-1-9(13)2-4-25/h5-7,9,13H,1-4,8H2,(H2,23,24,26). The molecule has 10 heteroatoms. The number of alkyl halides is 6. The van der Waals surface area contributed by atoms with Crippen molar-refractivity contribution in [3.05, 3.63) is 29.3 Å². The molecule has 26 heavy (non-hydrogen) atoms. The Morgan fingerprint density at radius 3 is 1.92 bits per heavy atom. The number of piperidine rings is 3. The summed E-state index contributed by atoms with van der Waals surface area (Å²) in [5, 5.41) is 5.53. The van der Waals surface area contributed by atoms with Crippen molar-refractivity contribution in [1.29, 1.82) is 0 Å². The molecule has 3 fully saturated rings. The monoisotopic (exact) mass is 397 g/mol. The molecule has 3 aliphatic heterocycles. The molecule has 1 aromatic carbocycles. The third-order valence-corrected chi connectivity index (χ3v) is 5.04. The van der Waals surface area contributed by atoms with Crippen molar-refractivity contribution in [1.82, 2.24) is 10.2 Å². The number of benzene rings is 1. The number of anilines is 1. The highest BCUT2D eigenvalue weighted by molar-refractivity contribution is 7.80. The number of fused-ring (bicyclic) bond motifs is 3. The normalized spacial score (nSPS) is 25.8. The number of nitrogens with one attached hydrogen (secondary N) is 2. The molecule has 0 spiro atoms. The van der Waals surface area contributed by atoms with Gasteiger partial charge in [-0.1, -0.05) is 0 Å². The lowest BCUT2D eigenvalue weighted by atomic mass is 9.84. The largest absolute Gasteiger partial charge is 0.416 e. The molecule has 3 aliphatic rings. The summed E-state index contributed by atoms with van der Waals surface area (Å²) in [4.78, 5) is 2.26. The fourth-order valence-corrected chi connectivity index (χ4v) is 3.76. The van der Waals surface area contributed by atoms with E-state index in [0.29, 0.717) is 18.1 Å². The number of rotatable bonds is 2. The van der Waals surface area contributed by atoms with Crippen molar-refractivity contribution in [2.24, 2.45) is 5.92 Å². The smallest absolute Gasteiger partial charge is 0.358 e. The van der Waals surface area contributed by atoms with E-state index < -0.39 is 23.5 Å². The summed E-state index contributed by atoms with van der Waals surface area (Å²) in [5.74, 6) is 0.409. The van der Waals surface area contributed by atoms with Gasteiger partial charge in [-0.25, -0.2) is 0 Å². The molecular weight excluding hydrogens is 380 g/mol. The summed E-state index contributed by atoms with van der Waals surface area (Å²) < 4.78 is 77.4. The van der Waals surface area contributed by atoms with Gasteiger partial charge < -0.3 is 15.5 Å². The Bertz CT molecular complexity index is 647. The van der Waals surface area contributed by atoms with Gasteiger partial charge in [-0.3, -0.25) is 0 Å². The van der Waals surface area contributed by atoms with E-state index in [2.05, 4.69) is 15.5 Å². The van der Waals surface area contributed by atoms with Crippen LogP contribution in [0.15, 0.2) is 18.2 Å². The minimum atomic E-state index is -4.89. The predicted octanol–water partition coefficient (Wildman–Crippen LogP) is 4.10. The lowest BCUT2D eigenvalue weighted by Gasteiger charge is -2.45. The van der Waals surface area contributed by atoms with Gasteiger partial charge in [0.2, 0.25) is 0 Å². The molecule has 3 heterocycles. The molecule has 1 aromatic rings. The summed E-state index contributed by atoms with van der Waals surface area (Å²) in [6.07, 6.45) is -7.77. The van der Waals surface area contributed by atoms with Crippen LogP contribution in [0.5, 0.6) is 0 Å². The van der Waals surface area contributed by atoms with E-state index >= 15 is 0 Å². The van der Waals surface area contributed by atoms with E-state index in [1.807, 2.05) is 0 Å². The van der Waals surface area contributed by atoms with Crippen LogP contribution in [0.25, 0.3) is 0 Å². The summed E-state index contributed by atoms with van der Waals surface area (Å²) in [7, 11) is 0. The SMILES string of the molecule is FC(F)(F)c1cc(NC(=S)NC2CN3CCC2CC3)cc(C(F)(F)F)c1. The predicted molar refractivity (Wildman–Crippen MR) is 88.8 cm³/mol. The first-order valence-electron chi connectivity index (χ1n) is 8.12. The summed E-state index contributed by atoms with van der Waals surface area (Å²) in [6.45, 7) is 2.78. The Morgan fingerprint density at radius 1 is 0.962 bits per heavy atom. The minimum Gasteiger partial charge on any atom is -0.358 e. The van der Waals surface area contributed by atoms with Crippen LogP contribution >= 0.6 is 12.2 Å². The lowest BCUT2D eigenvalue weighted by Crippen LogP contribution is -2.57. The summed E-state index contributed by atoms with van der Waals surface area (Å²) in [6, 6.07) is 1.39. The van der Waals surface area contributed by atoms with Crippen LogP contribution in [0, 0.1) is 5.92 Å². The highest BCUT2D eigenvalue weighted by Gasteiger charge is 2.37. The number of thiocarbonyl (C=S) groups is 1. The van der Waals surface area contributed by atoms with Gasteiger partial charge in [0.1, 0.15) is 0 Å². The van der Waals surface area contributed by atoms with Crippen LogP contribution in [0.2, 0.25) is 0 Å². The molecule has 0 amide bonds. The number of hydrogen-bond acceptors (Lipinski definition) is 2. The molecule has 0 saturated carbocycles. The molecule has 3 nitrogen and oxygen atoms in total. The summed E-state index contributed by atoms with van der Waals surface area (Å²) >= 11 is 5.10. The second-order valence-electron chi connectivity index (χ2n) is 6.64. The zero-order valence-corrected chi connectivity index (χ0v) is 14.4. The van der Waals surface area contributed by atoms with Crippen molar-refractivity contribution in [3.8, 4) is 0 Å². The molecule has 4 rings (SSSR count). The molecule has 0 aromatic heterocycles. The Morgan fingerprint density at radius 2 is 1.50 bits per heavy atom. The van der Waals surface area contributed by atoms with Crippen LogP contribution in [-0.4, -0.2) is 35.7 Å². The van der Waals surface area contributed by atoms with E-state index in [4.69, 9.17) is 12.2 Å². The van der Waals surface area contributed by atoms with E-state index in [1.165, 1.54) is 0 Å². The van der Waals surface area contributed by atoms with Gasteiger partial charge in [0, 0.05) is 18.3 Å². The number of hydrogen-bond donors (Lipinski definition) is 2. The van der Waals surface area contributed by atoms with Gasteiger partial charge in [0.05, 0.1) is 11.1 Å². The maximum atomic E-state index is 12.9. The Labute approximate surface area is 151 Å². The quantitative estimate of drug-likeness (QED) is 0.580. The van der Waals surface area contributed by atoms with E-state index in [1.54, 1.807) is 0 Å². The summed E-state index contributed by atoms with van der Waals surface area (Å²) in [5.41, 5.74) is -3.09. The number of nitrogens with zero attached hydrogens (tertiary/aromatic N) is 1. The molecule has 1 atom stereocenters. The Kier molecular flexibility index (Phi) is 5.08. The van der Waals surface area contributed by atoms with Crippen LogP contribution in [0.4, 0.5) is 32.0 Å². The third kappa shape index (κ3) is 4.40. The molecule has 1 unspecified atom stereocenters. The fraction of sp³-hybridized carbons (Fsp3) is 0.562. The van der Waals surface area contributed by atoms with Crippen LogP contribution < -0.4 is 10.6 Å². The highest BCUT2D eigenvalue weighted by Crippen LogP contribution is 2.37. The van der Waals surface area contributed by atoms with Crippen LogP contribution in [-0.2, 0) is 12.4 Å². The zero-order valence-electron chi connectivity index (χ0n) is 13.5. The second-order valence-corrected chi connectivity index (χ2v) is 7.05. The minimum absolute atomic E-state index is 0.0243. The van der Waals surface area contributed by atoms with Crippen molar-refractivity contribution in [2.45, 2.75) is 31.2 Å². The van der Waals surface area contributed by atoms with Crippen molar-refractivity contribution < 1.29 is 26.3 Å². The van der Waals surface area contributed by atoms with E-state index in [-0.39, 0.29) is 22.9 Å². The number of halogens is 6. The van der Waals surface area contributed by atoms with Crippen LogP contribution in [0.1, 0.15) is 24.0 Å².